The van der Waals surface area contributed by atoms with Crippen molar-refractivity contribution in [3.63, 3.8) is 0 Å². The van der Waals surface area contributed by atoms with Gasteiger partial charge >= 0.3 is 0 Å². The summed E-state index contributed by atoms with van der Waals surface area (Å²) in [6.45, 7) is 6.02. The molecule has 0 saturated carbocycles. The van der Waals surface area contributed by atoms with Gasteiger partial charge in [-0.2, -0.15) is 0 Å². The number of carbonyl (C=O) groups is 3. The average molecular weight is 517 g/mol. The highest BCUT2D eigenvalue weighted by Crippen LogP contribution is 2.34. The summed E-state index contributed by atoms with van der Waals surface area (Å²) >= 11 is 0.873. The van der Waals surface area contributed by atoms with Crippen molar-refractivity contribution < 1.29 is 23.9 Å². The van der Waals surface area contributed by atoms with E-state index in [-0.39, 0.29) is 41.7 Å². The minimum Gasteiger partial charge on any atom is -0.491 e. The van der Waals surface area contributed by atoms with Gasteiger partial charge in [0.05, 0.1) is 11.4 Å². The number of imide groups is 1. The van der Waals surface area contributed by atoms with E-state index in [2.05, 4.69) is 5.32 Å². The molecule has 1 aliphatic rings. The van der Waals surface area contributed by atoms with Crippen LogP contribution in [0.5, 0.6) is 11.5 Å². The van der Waals surface area contributed by atoms with Gasteiger partial charge in [-0.25, -0.2) is 0 Å². The molecule has 1 aliphatic heterocycles. The Hall–Kier alpha value is -4.04. The first kappa shape index (κ1) is 26.0. The van der Waals surface area contributed by atoms with Crippen molar-refractivity contribution in [3.8, 4) is 11.5 Å². The van der Waals surface area contributed by atoms with Crippen LogP contribution in [0.1, 0.15) is 22.3 Å². The first-order valence-electron chi connectivity index (χ1n) is 11.8. The van der Waals surface area contributed by atoms with Crippen LogP contribution < -0.4 is 14.8 Å². The number of anilines is 1. The molecule has 0 aromatic heterocycles. The number of thioether (sulfide) groups is 1. The van der Waals surface area contributed by atoms with E-state index in [0.717, 1.165) is 34.2 Å². The number of amides is 3. The Morgan fingerprint density at radius 3 is 2.51 bits per heavy atom. The predicted molar refractivity (Wildman–Crippen MR) is 146 cm³/mol. The molecule has 0 atom stereocenters. The van der Waals surface area contributed by atoms with Crippen LogP contribution in [0, 0.1) is 20.8 Å². The van der Waals surface area contributed by atoms with Gasteiger partial charge in [0.1, 0.15) is 18.1 Å². The lowest BCUT2D eigenvalue weighted by atomic mass is 10.1. The molecule has 0 bridgehead atoms. The SMILES string of the molecule is Cc1cccc(NC(=O)COc2ccccc2/C=C2\SC(=O)N(CCOc3cc(C)ccc3C)C2=O)c1. The third-order valence-corrected chi connectivity index (χ3v) is 6.56. The monoisotopic (exact) mass is 516 g/mol. The highest BCUT2D eigenvalue weighted by atomic mass is 32.2. The van der Waals surface area contributed by atoms with Gasteiger partial charge in [-0.1, -0.05) is 42.5 Å². The fraction of sp³-hybridized carbons (Fsp3) is 0.207. The van der Waals surface area contributed by atoms with E-state index in [1.165, 1.54) is 4.90 Å². The number of carbonyl (C=O) groups excluding carboxylic acids is 3. The number of nitrogens with one attached hydrogen (secondary N) is 1. The molecule has 0 radical (unpaired) electrons. The van der Waals surface area contributed by atoms with Gasteiger partial charge in [0.25, 0.3) is 17.1 Å². The van der Waals surface area contributed by atoms with Gasteiger partial charge in [0, 0.05) is 11.3 Å². The molecule has 3 amide bonds. The van der Waals surface area contributed by atoms with E-state index in [9.17, 15) is 14.4 Å². The fourth-order valence-corrected chi connectivity index (χ4v) is 4.59. The second kappa shape index (κ2) is 11.8. The summed E-state index contributed by atoms with van der Waals surface area (Å²) in [4.78, 5) is 39.3. The van der Waals surface area contributed by atoms with Crippen molar-refractivity contribution in [3.05, 3.63) is 93.9 Å². The fourth-order valence-electron chi connectivity index (χ4n) is 3.74. The Bertz CT molecular complexity index is 1370. The molecule has 8 heteroatoms. The quantitative estimate of drug-likeness (QED) is 0.365. The minimum atomic E-state index is -0.383. The molecular formula is C29H28N2O5S. The topological polar surface area (TPSA) is 84.9 Å². The van der Waals surface area contributed by atoms with Crippen molar-refractivity contribution in [1.82, 2.24) is 4.90 Å². The number of hydrogen-bond donors (Lipinski definition) is 1. The molecule has 4 rings (SSSR count). The molecule has 190 valence electrons. The average Bonchev–Trinajstić information content (AvgIpc) is 3.13. The van der Waals surface area contributed by atoms with Crippen LogP contribution in [-0.2, 0) is 9.59 Å². The Labute approximate surface area is 220 Å². The molecule has 1 heterocycles. The van der Waals surface area contributed by atoms with Gasteiger partial charge in [-0.3, -0.25) is 19.3 Å². The normalized spacial score (nSPS) is 14.2. The summed E-state index contributed by atoms with van der Waals surface area (Å²) in [7, 11) is 0. The zero-order valence-corrected chi connectivity index (χ0v) is 21.8. The van der Waals surface area contributed by atoms with E-state index in [0.29, 0.717) is 17.0 Å². The lowest BCUT2D eigenvalue weighted by Gasteiger charge is -2.14. The number of aryl methyl sites for hydroxylation is 3. The molecule has 0 aliphatic carbocycles. The van der Waals surface area contributed by atoms with Crippen LogP contribution in [0.2, 0.25) is 0 Å². The van der Waals surface area contributed by atoms with Crippen molar-refractivity contribution in [2.45, 2.75) is 20.8 Å². The molecule has 0 spiro atoms. The van der Waals surface area contributed by atoms with E-state index >= 15 is 0 Å². The predicted octanol–water partition coefficient (Wildman–Crippen LogP) is 5.74. The zero-order chi connectivity index (χ0) is 26.4. The standard InChI is InChI=1S/C29H28N2O5S/c1-19-7-6-9-23(15-19)30-27(32)18-36-24-10-5-4-8-22(24)17-26-28(33)31(29(34)37-26)13-14-35-25-16-20(2)11-12-21(25)3/h4-12,15-17H,13-14,18H2,1-3H3,(H,30,32)/b26-17-. The maximum atomic E-state index is 12.9. The summed E-state index contributed by atoms with van der Waals surface area (Å²) in [6.07, 6.45) is 1.62. The second-order valence-corrected chi connectivity index (χ2v) is 9.69. The van der Waals surface area contributed by atoms with Crippen LogP contribution in [0.15, 0.2) is 71.6 Å². The Balaban J connectivity index is 1.37. The molecule has 3 aromatic carbocycles. The van der Waals surface area contributed by atoms with Gasteiger partial charge in [-0.15, -0.1) is 0 Å². The van der Waals surface area contributed by atoms with Crippen molar-refractivity contribution in [2.75, 3.05) is 25.1 Å². The molecule has 1 N–H and O–H groups in total. The number of ether oxygens (including phenoxy) is 2. The van der Waals surface area contributed by atoms with Crippen molar-refractivity contribution >= 4 is 40.6 Å². The maximum absolute atomic E-state index is 12.9. The highest BCUT2D eigenvalue weighted by molar-refractivity contribution is 8.18. The summed E-state index contributed by atoms with van der Waals surface area (Å²) in [5, 5.41) is 2.45. The molecular weight excluding hydrogens is 488 g/mol. The van der Waals surface area contributed by atoms with Crippen LogP contribution in [0.25, 0.3) is 6.08 Å². The van der Waals surface area contributed by atoms with Crippen LogP contribution in [0.3, 0.4) is 0 Å². The first-order chi connectivity index (χ1) is 17.8. The number of para-hydroxylation sites is 1. The molecule has 0 unspecified atom stereocenters. The number of hydrogen-bond acceptors (Lipinski definition) is 6. The first-order valence-corrected chi connectivity index (χ1v) is 12.7. The Morgan fingerprint density at radius 2 is 1.70 bits per heavy atom. The van der Waals surface area contributed by atoms with E-state index in [4.69, 9.17) is 9.47 Å². The zero-order valence-electron chi connectivity index (χ0n) is 20.9. The molecule has 7 nitrogen and oxygen atoms in total. The molecule has 1 saturated heterocycles. The smallest absolute Gasteiger partial charge is 0.293 e. The largest absolute Gasteiger partial charge is 0.491 e. The molecule has 1 fully saturated rings. The van der Waals surface area contributed by atoms with Gasteiger partial charge in [0.2, 0.25) is 0 Å². The summed E-state index contributed by atoms with van der Waals surface area (Å²) in [5.74, 6) is 0.489. The van der Waals surface area contributed by atoms with Crippen LogP contribution >= 0.6 is 11.8 Å². The van der Waals surface area contributed by atoms with Crippen LogP contribution in [0.4, 0.5) is 10.5 Å². The lowest BCUT2D eigenvalue weighted by Crippen LogP contribution is -2.32. The Morgan fingerprint density at radius 1 is 0.919 bits per heavy atom. The van der Waals surface area contributed by atoms with Gasteiger partial charge < -0.3 is 14.8 Å². The number of nitrogens with zero attached hydrogens (tertiary/aromatic N) is 1. The van der Waals surface area contributed by atoms with E-state index < -0.39 is 0 Å². The third kappa shape index (κ3) is 6.80. The van der Waals surface area contributed by atoms with Gasteiger partial charge in [-0.05, 0) is 79.6 Å². The van der Waals surface area contributed by atoms with E-state index in [1.807, 2.05) is 63.2 Å². The highest BCUT2D eigenvalue weighted by Gasteiger charge is 2.35. The Kier molecular flexibility index (Phi) is 8.30. The summed E-state index contributed by atoms with van der Waals surface area (Å²) in [5.41, 5.74) is 4.39. The van der Waals surface area contributed by atoms with E-state index in [1.54, 1.807) is 30.3 Å². The maximum Gasteiger partial charge on any atom is 0.293 e. The lowest BCUT2D eigenvalue weighted by molar-refractivity contribution is -0.123. The van der Waals surface area contributed by atoms with Gasteiger partial charge in [0.15, 0.2) is 6.61 Å². The third-order valence-electron chi connectivity index (χ3n) is 5.66. The molecule has 3 aromatic rings. The number of benzene rings is 3. The van der Waals surface area contributed by atoms with Crippen molar-refractivity contribution in [1.29, 1.82) is 0 Å². The van der Waals surface area contributed by atoms with Crippen LogP contribution in [-0.4, -0.2) is 41.7 Å². The number of rotatable bonds is 9. The van der Waals surface area contributed by atoms with Crippen molar-refractivity contribution in [2.24, 2.45) is 0 Å². The summed E-state index contributed by atoms with van der Waals surface area (Å²) in [6, 6.07) is 20.5. The second-order valence-electron chi connectivity index (χ2n) is 8.69. The molecule has 37 heavy (non-hydrogen) atoms. The minimum absolute atomic E-state index is 0.146. The summed E-state index contributed by atoms with van der Waals surface area (Å²) < 4.78 is 11.6.